The van der Waals surface area contributed by atoms with Gasteiger partial charge in [-0.25, -0.2) is 4.39 Å². The maximum atomic E-state index is 13.3. The Morgan fingerprint density at radius 3 is 2.64 bits per heavy atom. The normalized spacial score (nSPS) is 12.2. The summed E-state index contributed by atoms with van der Waals surface area (Å²) < 4.78 is 19.0. The minimum atomic E-state index is -0.201. The number of nitrogens with two attached hydrogens (primary N) is 1. The van der Waals surface area contributed by atoms with E-state index in [1.807, 2.05) is 19.1 Å². The summed E-state index contributed by atoms with van der Waals surface area (Å²) >= 11 is 0. The van der Waals surface area contributed by atoms with Crippen molar-refractivity contribution < 1.29 is 9.13 Å². The van der Waals surface area contributed by atoms with E-state index in [2.05, 4.69) is 19.1 Å². The quantitative estimate of drug-likeness (QED) is 0.831. The van der Waals surface area contributed by atoms with Crippen molar-refractivity contribution in [1.29, 1.82) is 0 Å². The number of rotatable bonds is 7. The molecule has 1 atom stereocenters. The molecule has 0 spiro atoms. The van der Waals surface area contributed by atoms with Crippen LogP contribution in [0.1, 0.15) is 36.0 Å². The lowest BCUT2D eigenvalue weighted by atomic mass is 9.91. The highest BCUT2D eigenvalue weighted by atomic mass is 19.1. The van der Waals surface area contributed by atoms with Gasteiger partial charge < -0.3 is 10.5 Å². The zero-order valence-corrected chi connectivity index (χ0v) is 13.3. The molecule has 0 aliphatic rings. The van der Waals surface area contributed by atoms with Gasteiger partial charge in [0.1, 0.15) is 11.6 Å². The summed E-state index contributed by atoms with van der Waals surface area (Å²) in [4.78, 5) is 0. The van der Waals surface area contributed by atoms with E-state index in [4.69, 9.17) is 10.5 Å². The standard InChI is InChI=1S/C19H24FNO/c1-3-9-22-19-8-7-16(10-14(19)2)17(13-21)11-15-5-4-6-18(20)12-15/h4-8,10,12,17H,3,9,11,13,21H2,1-2H3. The summed E-state index contributed by atoms with van der Waals surface area (Å²) in [6.45, 7) is 5.40. The predicted molar refractivity (Wildman–Crippen MR) is 88.9 cm³/mol. The molecule has 0 saturated carbocycles. The third-order valence-corrected chi connectivity index (χ3v) is 3.79. The molecule has 2 rings (SSSR count). The molecule has 0 fully saturated rings. The van der Waals surface area contributed by atoms with Crippen LogP contribution < -0.4 is 10.5 Å². The van der Waals surface area contributed by atoms with Gasteiger partial charge in [0.05, 0.1) is 6.61 Å². The van der Waals surface area contributed by atoms with Crippen molar-refractivity contribution in [3.05, 3.63) is 65.0 Å². The number of hydrogen-bond acceptors (Lipinski definition) is 2. The van der Waals surface area contributed by atoms with E-state index in [0.717, 1.165) is 36.3 Å². The smallest absolute Gasteiger partial charge is 0.123 e. The third-order valence-electron chi connectivity index (χ3n) is 3.79. The van der Waals surface area contributed by atoms with Gasteiger partial charge >= 0.3 is 0 Å². The second-order valence-electron chi connectivity index (χ2n) is 5.64. The molecular weight excluding hydrogens is 277 g/mol. The monoisotopic (exact) mass is 301 g/mol. The molecule has 2 N–H and O–H groups in total. The maximum Gasteiger partial charge on any atom is 0.123 e. The molecule has 0 aliphatic carbocycles. The van der Waals surface area contributed by atoms with Crippen molar-refractivity contribution in [2.45, 2.75) is 32.6 Å². The van der Waals surface area contributed by atoms with Crippen molar-refractivity contribution in [2.75, 3.05) is 13.2 Å². The number of benzene rings is 2. The van der Waals surface area contributed by atoms with E-state index in [1.54, 1.807) is 12.1 Å². The molecule has 3 heteroatoms. The van der Waals surface area contributed by atoms with Crippen LogP contribution in [0.2, 0.25) is 0 Å². The van der Waals surface area contributed by atoms with Crippen molar-refractivity contribution >= 4 is 0 Å². The van der Waals surface area contributed by atoms with E-state index in [9.17, 15) is 4.39 Å². The Hall–Kier alpha value is -1.87. The first-order valence-electron chi connectivity index (χ1n) is 7.82. The molecule has 2 nitrogen and oxygen atoms in total. The highest BCUT2D eigenvalue weighted by molar-refractivity contribution is 5.38. The molecule has 0 amide bonds. The molecule has 22 heavy (non-hydrogen) atoms. The van der Waals surface area contributed by atoms with Crippen LogP contribution in [0.3, 0.4) is 0 Å². The topological polar surface area (TPSA) is 35.2 Å². The molecule has 0 saturated heterocycles. The van der Waals surface area contributed by atoms with Crippen molar-refractivity contribution in [3.63, 3.8) is 0 Å². The van der Waals surface area contributed by atoms with Gasteiger partial charge in [0, 0.05) is 5.92 Å². The number of ether oxygens (including phenoxy) is 1. The fourth-order valence-corrected chi connectivity index (χ4v) is 2.59. The van der Waals surface area contributed by atoms with Gasteiger partial charge in [0.2, 0.25) is 0 Å². The Bertz CT molecular complexity index is 612. The molecule has 0 heterocycles. The SMILES string of the molecule is CCCOc1ccc(C(CN)Cc2cccc(F)c2)cc1C. The van der Waals surface area contributed by atoms with Gasteiger partial charge in [0.25, 0.3) is 0 Å². The maximum absolute atomic E-state index is 13.3. The minimum absolute atomic E-state index is 0.181. The molecular formula is C19H24FNO. The molecule has 0 aliphatic heterocycles. The molecule has 2 aromatic carbocycles. The van der Waals surface area contributed by atoms with E-state index < -0.39 is 0 Å². The fraction of sp³-hybridized carbons (Fsp3) is 0.368. The van der Waals surface area contributed by atoms with Crippen LogP contribution >= 0.6 is 0 Å². The van der Waals surface area contributed by atoms with Crippen LogP contribution in [0.15, 0.2) is 42.5 Å². The highest BCUT2D eigenvalue weighted by Gasteiger charge is 2.13. The average molecular weight is 301 g/mol. The molecule has 118 valence electrons. The Morgan fingerprint density at radius 2 is 2.00 bits per heavy atom. The second kappa shape index (κ2) is 7.95. The molecule has 2 aromatic rings. The van der Waals surface area contributed by atoms with Crippen LogP contribution in [0, 0.1) is 12.7 Å². The minimum Gasteiger partial charge on any atom is -0.493 e. The Morgan fingerprint density at radius 1 is 1.18 bits per heavy atom. The number of aryl methyl sites for hydroxylation is 1. The first kappa shape index (κ1) is 16.5. The summed E-state index contributed by atoms with van der Waals surface area (Å²) in [7, 11) is 0. The van der Waals surface area contributed by atoms with Gasteiger partial charge in [-0.1, -0.05) is 31.2 Å². The summed E-state index contributed by atoms with van der Waals surface area (Å²) in [6.07, 6.45) is 1.73. The summed E-state index contributed by atoms with van der Waals surface area (Å²) in [6, 6.07) is 12.9. The van der Waals surface area contributed by atoms with Gasteiger partial charge in [-0.05, 0) is 61.2 Å². The zero-order chi connectivity index (χ0) is 15.9. The first-order valence-corrected chi connectivity index (χ1v) is 7.82. The highest BCUT2D eigenvalue weighted by Crippen LogP contribution is 2.26. The second-order valence-corrected chi connectivity index (χ2v) is 5.64. The lowest BCUT2D eigenvalue weighted by molar-refractivity contribution is 0.315. The van der Waals surface area contributed by atoms with Gasteiger partial charge in [-0.2, -0.15) is 0 Å². The Kier molecular flexibility index (Phi) is 5.96. The van der Waals surface area contributed by atoms with E-state index >= 15 is 0 Å². The van der Waals surface area contributed by atoms with E-state index in [1.165, 1.54) is 11.6 Å². The van der Waals surface area contributed by atoms with Crippen LogP contribution in [-0.2, 0) is 6.42 Å². The Labute approximate surface area is 132 Å². The third kappa shape index (κ3) is 4.31. The fourth-order valence-electron chi connectivity index (χ4n) is 2.59. The number of halogens is 1. The lowest BCUT2D eigenvalue weighted by Gasteiger charge is -2.17. The van der Waals surface area contributed by atoms with E-state index in [0.29, 0.717) is 6.54 Å². The van der Waals surface area contributed by atoms with Crippen LogP contribution in [-0.4, -0.2) is 13.2 Å². The predicted octanol–water partition coefficient (Wildman–Crippen LogP) is 4.21. The first-order chi connectivity index (χ1) is 10.6. The van der Waals surface area contributed by atoms with Crippen LogP contribution in [0.25, 0.3) is 0 Å². The Balaban J connectivity index is 2.15. The van der Waals surface area contributed by atoms with Gasteiger partial charge in [-0.15, -0.1) is 0 Å². The van der Waals surface area contributed by atoms with Crippen LogP contribution in [0.4, 0.5) is 4.39 Å². The number of hydrogen-bond donors (Lipinski definition) is 1. The average Bonchev–Trinajstić information content (AvgIpc) is 2.51. The molecule has 0 bridgehead atoms. The van der Waals surface area contributed by atoms with Crippen molar-refractivity contribution in [1.82, 2.24) is 0 Å². The van der Waals surface area contributed by atoms with E-state index in [-0.39, 0.29) is 11.7 Å². The lowest BCUT2D eigenvalue weighted by Crippen LogP contribution is -2.15. The zero-order valence-electron chi connectivity index (χ0n) is 13.3. The summed E-state index contributed by atoms with van der Waals surface area (Å²) in [5, 5.41) is 0. The van der Waals surface area contributed by atoms with Crippen molar-refractivity contribution in [3.8, 4) is 5.75 Å². The van der Waals surface area contributed by atoms with Crippen molar-refractivity contribution in [2.24, 2.45) is 5.73 Å². The van der Waals surface area contributed by atoms with Gasteiger partial charge in [0.15, 0.2) is 0 Å². The molecule has 0 aromatic heterocycles. The summed E-state index contributed by atoms with van der Waals surface area (Å²) in [5.41, 5.74) is 9.19. The molecule has 1 unspecified atom stereocenters. The van der Waals surface area contributed by atoms with Gasteiger partial charge in [-0.3, -0.25) is 0 Å². The molecule has 0 radical (unpaired) electrons. The van der Waals surface area contributed by atoms with Crippen LogP contribution in [0.5, 0.6) is 5.75 Å². The largest absolute Gasteiger partial charge is 0.493 e. The summed E-state index contributed by atoms with van der Waals surface area (Å²) in [5.74, 6) is 0.903.